The fraction of sp³-hybridized carbons (Fsp3) is 0.238. The van der Waals surface area contributed by atoms with Gasteiger partial charge in [0.2, 0.25) is 0 Å². The molecule has 0 aliphatic rings. The highest BCUT2D eigenvalue weighted by Crippen LogP contribution is 2.19. The van der Waals surface area contributed by atoms with Crippen LogP contribution in [-0.4, -0.2) is 17.5 Å². The SMILES string of the molecule is CCCC#CCOc1cccc(CNC(=O)c2ccc3ncsc3c2)c1. The predicted octanol–water partition coefficient (Wildman–Crippen LogP) is 4.41. The molecule has 2 aromatic carbocycles. The van der Waals surface area contributed by atoms with Crippen molar-refractivity contribution in [1.82, 2.24) is 10.3 Å². The summed E-state index contributed by atoms with van der Waals surface area (Å²) < 4.78 is 6.64. The average molecular weight is 364 g/mol. The zero-order valence-electron chi connectivity index (χ0n) is 14.6. The third kappa shape index (κ3) is 4.84. The van der Waals surface area contributed by atoms with Crippen molar-refractivity contribution in [2.24, 2.45) is 0 Å². The highest BCUT2D eigenvalue weighted by Gasteiger charge is 2.07. The van der Waals surface area contributed by atoms with Crippen molar-refractivity contribution in [3.05, 3.63) is 59.1 Å². The number of nitrogens with one attached hydrogen (secondary N) is 1. The largest absolute Gasteiger partial charge is 0.481 e. The van der Waals surface area contributed by atoms with Crippen LogP contribution >= 0.6 is 11.3 Å². The molecule has 0 bridgehead atoms. The lowest BCUT2D eigenvalue weighted by Crippen LogP contribution is -2.22. The van der Waals surface area contributed by atoms with E-state index in [-0.39, 0.29) is 5.91 Å². The molecule has 0 radical (unpaired) electrons. The lowest BCUT2D eigenvalue weighted by Gasteiger charge is -2.08. The summed E-state index contributed by atoms with van der Waals surface area (Å²) in [5, 5.41) is 2.95. The van der Waals surface area contributed by atoms with Crippen LogP contribution in [0.15, 0.2) is 48.0 Å². The number of unbranched alkanes of at least 4 members (excludes halogenated alkanes) is 1. The molecule has 0 atom stereocenters. The number of rotatable bonds is 6. The molecule has 1 aromatic heterocycles. The topological polar surface area (TPSA) is 51.2 Å². The molecule has 0 saturated heterocycles. The molecule has 0 saturated carbocycles. The minimum Gasteiger partial charge on any atom is -0.481 e. The fourth-order valence-electron chi connectivity index (χ4n) is 2.41. The molecule has 3 aromatic rings. The molecule has 0 spiro atoms. The minimum atomic E-state index is -0.1000. The van der Waals surface area contributed by atoms with E-state index in [9.17, 15) is 4.79 Å². The Morgan fingerprint density at radius 1 is 1.23 bits per heavy atom. The van der Waals surface area contributed by atoms with Crippen molar-refractivity contribution in [2.45, 2.75) is 26.3 Å². The second kappa shape index (κ2) is 9.02. The summed E-state index contributed by atoms with van der Waals surface area (Å²) in [6.45, 7) is 2.92. The maximum atomic E-state index is 12.4. The van der Waals surface area contributed by atoms with Crippen molar-refractivity contribution in [3.63, 3.8) is 0 Å². The Labute approximate surface area is 157 Å². The summed E-state index contributed by atoms with van der Waals surface area (Å²) in [5.41, 5.74) is 4.32. The van der Waals surface area contributed by atoms with Crippen LogP contribution in [0.5, 0.6) is 5.75 Å². The number of thiazole rings is 1. The van der Waals surface area contributed by atoms with Crippen LogP contribution in [-0.2, 0) is 6.54 Å². The van der Waals surface area contributed by atoms with E-state index in [0.29, 0.717) is 18.7 Å². The molecule has 1 amide bonds. The number of ether oxygens (including phenoxy) is 1. The van der Waals surface area contributed by atoms with Crippen molar-refractivity contribution in [1.29, 1.82) is 0 Å². The van der Waals surface area contributed by atoms with Crippen LogP contribution in [0.4, 0.5) is 0 Å². The van der Waals surface area contributed by atoms with Gasteiger partial charge in [-0.15, -0.1) is 11.3 Å². The molecular weight excluding hydrogens is 344 g/mol. The van der Waals surface area contributed by atoms with Gasteiger partial charge in [-0.3, -0.25) is 4.79 Å². The van der Waals surface area contributed by atoms with E-state index in [1.54, 1.807) is 11.6 Å². The van der Waals surface area contributed by atoms with Crippen LogP contribution < -0.4 is 10.1 Å². The average Bonchev–Trinajstić information content (AvgIpc) is 3.14. The Kier molecular flexibility index (Phi) is 6.24. The van der Waals surface area contributed by atoms with Crippen LogP contribution in [0, 0.1) is 11.8 Å². The van der Waals surface area contributed by atoms with Gasteiger partial charge in [-0.2, -0.15) is 0 Å². The number of fused-ring (bicyclic) bond motifs is 1. The van der Waals surface area contributed by atoms with Gasteiger partial charge in [0.25, 0.3) is 5.91 Å². The van der Waals surface area contributed by atoms with Crippen LogP contribution in [0.3, 0.4) is 0 Å². The Morgan fingerprint density at radius 3 is 3.04 bits per heavy atom. The van der Waals surface area contributed by atoms with E-state index in [2.05, 4.69) is 29.1 Å². The summed E-state index contributed by atoms with van der Waals surface area (Å²) in [6, 6.07) is 13.2. The standard InChI is InChI=1S/C21H20N2O2S/c1-2-3-4-5-11-25-18-8-6-7-16(12-18)14-22-21(24)17-9-10-19-20(13-17)26-15-23-19/h6-10,12-13,15H,2-3,11,14H2,1H3,(H,22,24). The van der Waals surface area contributed by atoms with Crippen LogP contribution in [0.25, 0.3) is 10.2 Å². The lowest BCUT2D eigenvalue weighted by atomic mass is 10.2. The van der Waals surface area contributed by atoms with Crippen molar-refractivity contribution in [2.75, 3.05) is 6.61 Å². The van der Waals surface area contributed by atoms with E-state index in [1.165, 1.54) is 11.3 Å². The third-order valence-corrected chi connectivity index (χ3v) is 4.55. The quantitative estimate of drug-likeness (QED) is 0.659. The normalized spacial score (nSPS) is 10.2. The van der Waals surface area contributed by atoms with Gasteiger partial charge in [-0.1, -0.05) is 30.9 Å². The summed E-state index contributed by atoms with van der Waals surface area (Å²) in [7, 11) is 0. The Hall–Kier alpha value is -2.84. The highest BCUT2D eigenvalue weighted by atomic mass is 32.1. The van der Waals surface area contributed by atoms with Crippen molar-refractivity contribution >= 4 is 27.5 Å². The van der Waals surface area contributed by atoms with Gasteiger partial charge < -0.3 is 10.1 Å². The molecule has 1 heterocycles. The van der Waals surface area contributed by atoms with E-state index in [0.717, 1.165) is 34.4 Å². The lowest BCUT2D eigenvalue weighted by molar-refractivity contribution is 0.0951. The van der Waals surface area contributed by atoms with Crippen LogP contribution in [0.1, 0.15) is 35.7 Å². The maximum absolute atomic E-state index is 12.4. The second-order valence-electron chi connectivity index (χ2n) is 5.76. The summed E-state index contributed by atoms with van der Waals surface area (Å²) >= 11 is 1.53. The molecule has 1 N–H and O–H groups in total. The van der Waals surface area contributed by atoms with Crippen molar-refractivity contribution in [3.8, 4) is 17.6 Å². The zero-order chi connectivity index (χ0) is 18.2. The molecule has 0 aliphatic heterocycles. The van der Waals surface area contributed by atoms with E-state index < -0.39 is 0 Å². The fourth-order valence-corrected chi connectivity index (χ4v) is 3.13. The van der Waals surface area contributed by atoms with Gasteiger partial charge in [-0.25, -0.2) is 4.98 Å². The smallest absolute Gasteiger partial charge is 0.251 e. The van der Waals surface area contributed by atoms with E-state index in [1.807, 2.05) is 36.4 Å². The first-order chi connectivity index (χ1) is 12.8. The van der Waals surface area contributed by atoms with Gasteiger partial charge in [0.05, 0.1) is 15.7 Å². The number of hydrogen-bond donors (Lipinski definition) is 1. The monoisotopic (exact) mass is 364 g/mol. The molecule has 0 aliphatic carbocycles. The summed E-state index contributed by atoms with van der Waals surface area (Å²) in [6.07, 6.45) is 1.95. The third-order valence-electron chi connectivity index (χ3n) is 3.76. The first-order valence-electron chi connectivity index (χ1n) is 8.55. The molecule has 4 nitrogen and oxygen atoms in total. The van der Waals surface area contributed by atoms with Gasteiger partial charge >= 0.3 is 0 Å². The number of carbonyl (C=O) groups is 1. The maximum Gasteiger partial charge on any atom is 0.251 e. The molecule has 0 unspecified atom stereocenters. The van der Waals surface area contributed by atoms with Gasteiger partial charge in [0.15, 0.2) is 0 Å². The first-order valence-corrected chi connectivity index (χ1v) is 9.43. The van der Waals surface area contributed by atoms with Gasteiger partial charge in [0.1, 0.15) is 12.4 Å². The number of aromatic nitrogens is 1. The highest BCUT2D eigenvalue weighted by molar-refractivity contribution is 7.16. The molecule has 132 valence electrons. The molecular formula is C21H20N2O2S. The van der Waals surface area contributed by atoms with Crippen molar-refractivity contribution < 1.29 is 9.53 Å². The number of benzene rings is 2. The zero-order valence-corrected chi connectivity index (χ0v) is 15.4. The van der Waals surface area contributed by atoms with Gasteiger partial charge in [0, 0.05) is 18.5 Å². The van der Waals surface area contributed by atoms with Gasteiger partial charge in [-0.05, 0) is 42.3 Å². The minimum absolute atomic E-state index is 0.1000. The Bertz CT molecular complexity index is 953. The Balaban J connectivity index is 1.56. The number of nitrogens with zero attached hydrogens (tertiary/aromatic N) is 1. The predicted molar refractivity (Wildman–Crippen MR) is 105 cm³/mol. The Morgan fingerprint density at radius 2 is 2.15 bits per heavy atom. The molecule has 0 fully saturated rings. The number of hydrogen-bond acceptors (Lipinski definition) is 4. The van der Waals surface area contributed by atoms with E-state index >= 15 is 0 Å². The van der Waals surface area contributed by atoms with Crippen LogP contribution in [0.2, 0.25) is 0 Å². The first kappa shape index (κ1) is 18.0. The molecule has 3 rings (SSSR count). The number of carbonyl (C=O) groups excluding carboxylic acids is 1. The molecule has 5 heteroatoms. The number of amides is 1. The summed E-state index contributed by atoms with van der Waals surface area (Å²) in [5.74, 6) is 6.70. The van der Waals surface area contributed by atoms with E-state index in [4.69, 9.17) is 4.74 Å². The second-order valence-corrected chi connectivity index (χ2v) is 6.64. The molecule has 26 heavy (non-hydrogen) atoms. The summed E-state index contributed by atoms with van der Waals surface area (Å²) in [4.78, 5) is 16.6.